The van der Waals surface area contributed by atoms with Gasteiger partial charge in [-0.05, 0) is 49.1 Å². The van der Waals surface area contributed by atoms with Crippen LogP contribution < -0.4 is 0 Å². The Morgan fingerprint density at radius 2 is 1.62 bits per heavy atom. The topological polar surface area (TPSA) is 51.8 Å². The Morgan fingerprint density at radius 1 is 0.759 bits per heavy atom. The van der Waals surface area contributed by atoms with Gasteiger partial charge in [-0.2, -0.15) is 0 Å². The van der Waals surface area contributed by atoms with Gasteiger partial charge in [-0.1, -0.05) is 36.4 Å². The number of para-hydroxylation sites is 1. The SMILES string of the molecule is Cc1ccc2c(n1)oc1c(-c3ncnc4c3ccc3cccc(C)c34)cccc12. The first-order chi connectivity index (χ1) is 14.2. The molecule has 0 aliphatic rings. The second kappa shape index (κ2) is 5.85. The zero-order valence-corrected chi connectivity index (χ0v) is 16.1. The van der Waals surface area contributed by atoms with Gasteiger partial charge in [0.1, 0.15) is 11.9 Å². The van der Waals surface area contributed by atoms with E-state index < -0.39 is 0 Å². The number of rotatable bonds is 1. The van der Waals surface area contributed by atoms with Crippen LogP contribution in [0.25, 0.3) is 55.0 Å². The molecular formula is C25H17N3O. The van der Waals surface area contributed by atoms with E-state index in [0.717, 1.165) is 44.2 Å². The first kappa shape index (κ1) is 16.2. The van der Waals surface area contributed by atoms with Crippen LogP contribution in [-0.2, 0) is 0 Å². The molecule has 0 radical (unpaired) electrons. The molecule has 3 heterocycles. The molecule has 0 bridgehead atoms. The van der Waals surface area contributed by atoms with Gasteiger partial charge >= 0.3 is 0 Å². The van der Waals surface area contributed by atoms with E-state index in [1.165, 1.54) is 16.3 Å². The fraction of sp³-hybridized carbons (Fsp3) is 0.0800. The van der Waals surface area contributed by atoms with E-state index in [-0.39, 0.29) is 0 Å². The number of benzene rings is 3. The Balaban J connectivity index is 1.73. The Hall–Kier alpha value is -3.79. The van der Waals surface area contributed by atoms with Gasteiger partial charge in [0.15, 0.2) is 0 Å². The third-order valence-electron chi connectivity index (χ3n) is 5.61. The molecule has 3 aromatic heterocycles. The van der Waals surface area contributed by atoms with Gasteiger partial charge in [0, 0.05) is 32.8 Å². The first-order valence-electron chi connectivity index (χ1n) is 9.63. The number of pyridine rings is 1. The molecule has 0 saturated carbocycles. The number of hydrogen-bond acceptors (Lipinski definition) is 4. The smallest absolute Gasteiger partial charge is 0.227 e. The van der Waals surface area contributed by atoms with Crippen molar-refractivity contribution in [2.45, 2.75) is 13.8 Å². The lowest BCUT2D eigenvalue weighted by molar-refractivity contribution is 0.653. The highest BCUT2D eigenvalue weighted by molar-refractivity contribution is 6.14. The molecule has 0 aliphatic heterocycles. The molecule has 4 nitrogen and oxygen atoms in total. The summed E-state index contributed by atoms with van der Waals surface area (Å²) in [6, 6.07) is 20.8. The monoisotopic (exact) mass is 375 g/mol. The number of furan rings is 1. The maximum Gasteiger partial charge on any atom is 0.227 e. The molecule has 0 aliphatic carbocycles. The number of hydrogen-bond donors (Lipinski definition) is 0. The number of aryl methyl sites for hydroxylation is 2. The van der Waals surface area contributed by atoms with Crippen molar-refractivity contribution in [2.75, 3.05) is 0 Å². The lowest BCUT2D eigenvalue weighted by Crippen LogP contribution is -1.91. The van der Waals surface area contributed by atoms with E-state index in [4.69, 9.17) is 4.42 Å². The molecule has 4 heteroatoms. The summed E-state index contributed by atoms with van der Waals surface area (Å²) >= 11 is 0. The standard InChI is InChI=1S/C25H17N3O/c1-14-5-3-6-16-10-12-19-22(26-13-27-23(19)21(14)16)20-8-4-7-17-18-11-9-15(2)28-25(18)29-24(17)20/h3-13H,1-2H3. The Bertz CT molecular complexity index is 1580. The Labute approximate surface area is 166 Å². The third-order valence-corrected chi connectivity index (χ3v) is 5.61. The van der Waals surface area contributed by atoms with Crippen LogP contribution in [0.2, 0.25) is 0 Å². The van der Waals surface area contributed by atoms with Crippen LogP contribution in [0, 0.1) is 13.8 Å². The molecule has 0 fully saturated rings. The second-order valence-corrected chi connectivity index (χ2v) is 7.45. The van der Waals surface area contributed by atoms with E-state index in [9.17, 15) is 0 Å². The number of aromatic nitrogens is 3. The predicted octanol–water partition coefficient (Wildman–Crippen LogP) is 6.36. The van der Waals surface area contributed by atoms with Crippen LogP contribution in [0.15, 0.2) is 71.4 Å². The van der Waals surface area contributed by atoms with Crippen molar-refractivity contribution in [2.24, 2.45) is 0 Å². The molecular weight excluding hydrogens is 358 g/mol. The molecule has 6 aromatic rings. The lowest BCUT2D eigenvalue weighted by Gasteiger charge is -2.09. The minimum absolute atomic E-state index is 0.659. The largest absolute Gasteiger partial charge is 0.437 e. The fourth-order valence-corrected chi connectivity index (χ4v) is 4.25. The summed E-state index contributed by atoms with van der Waals surface area (Å²) in [7, 11) is 0. The van der Waals surface area contributed by atoms with E-state index in [0.29, 0.717) is 5.71 Å². The van der Waals surface area contributed by atoms with Gasteiger partial charge in [0.25, 0.3) is 0 Å². The van der Waals surface area contributed by atoms with Crippen LogP contribution in [0.3, 0.4) is 0 Å². The number of fused-ring (bicyclic) bond motifs is 6. The van der Waals surface area contributed by atoms with Crippen molar-refractivity contribution >= 4 is 43.7 Å². The Morgan fingerprint density at radius 3 is 2.55 bits per heavy atom. The summed E-state index contributed by atoms with van der Waals surface area (Å²) in [4.78, 5) is 13.9. The highest BCUT2D eigenvalue weighted by atomic mass is 16.3. The van der Waals surface area contributed by atoms with Gasteiger partial charge in [0.05, 0.1) is 11.2 Å². The molecule has 0 atom stereocenters. The van der Waals surface area contributed by atoms with Crippen molar-refractivity contribution < 1.29 is 4.42 Å². The van der Waals surface area contributed by atoms with Gasteiger partial charge < -0.3 is 4.42 Å². The van der Waals surface area contributed by atoms with E-state index in [1.807, 2.05) is 19.1 Å². The highest BCUT2D eigenvalue weighted by Crippen LogP contribution is 2.38. The molecule has 0 spiro atoms. The van der Waals surface area contributed by atoms with Crippen LogP contribution in [0.5, 0.6) is 0 Å². The van der Waals surface area contributed by atoms with Crippen LogP contribution in [0.4, 0.5) is 0 Å². The molecule has 0 unspecified atom stereocenters. The van der Waals surface area contributed by atoms with Crippen molar-refractivity contribution in [3.63, 3.8) is 0 Å². The number of nitrogens with zero attached hydrogens (tertiary/aromatic N) is 3. The fourth-order valence-electron chi connectivity index (χ4n) is 4.25. The average molecular weight is 375 g/mol. The zero-order valence-electron chi connectivity index (χ0n) is 16.1. The summed E-state index contributed by atoms with van der Waals surface area (Å²) < 4.78 is 6.21. The summed E-state index contributed by atoms with van der Waals surface area (Å²) in [5.74, 6) is 0. The quantitative estimate of drug-likeness (QED) is 0.314. The van der Waals surface area contributed by atoms with Gasteiger partial charge in [-0.3, -0.25) is 0 Å². The van der Waals surface area contributed by atoms with Gasteiger partial charge in [-0.15, -0.1) is 0 Å². The maximum absolute atomic E-state index is 6.21. The van der Waals surface area contributed by atoms with Gasteiger partial charge in [-0.25, -0.2) is 15.0 Å². The van der Waals surface area contributed by atoms with E-state index in [2.05, 4.69) is 70.4 Å². The van der Waals surface area contributed by atoms with Crippen molar-refractivity contribution in [1.82, 2.24) is 15.0 Å². The summed E-state index contributed by atoms with van der Waals surface area (Å²) in [6.07, 6.45) is 1.65. The maximum atomic E-state index is 6.21. The normalized spacial score (nSPS) is 11.8. The highest BCUT2D eigenvalue weighted by Gasteiger charge is 2.17. The summed E-state index contributed by atoms with van der Waals surface area (Å²) in [6.45, 7) is 4.09. The molecule has 3 aromatic carbocycles. The van der Waals surface area contributed by atoms with Crippen LogP contribution in [-0.4, -0.2) is 15.0 Å². The Kier molecular flexibility index (Phi) is 3.27. The van der Waals surface area contributed by atoms with E-state index >= 15 is 0 Å². The minimum atomic E-state index is 0.659. The predicted molar refractivity (Wildman–Crippen MR) is 117 cm³/mol. The molecule has 6 rings (SSSR count). The molecule has 138 valence electrons. The van der Waals surface area contributed by atoms with Crippen molar-refractivity contribution in [1.29, 1.82) is 0 Å². The third kappa shape index (κ3) is 2.29. The molecule has 0 N–H and O–H groups in total. The van der Waals surface area contributed by atoms with E-state index in [1.54, 1.807) is 6.33 Å². The van der Waals surface area contributed by atoms with Gasteiger partial charge in [0.2, 0.25) is 5.71 Å². The molecule has 29 heavy (non-hydrogen) atoms. The van der Waals surface area contributed by atoms with Crippen LogP contribution in [0.1, 0.15) is 11.3 Å². The molecule has 0 saturated heterocycles. The van der Waals surface area contributed by atoms with Crippen molar-refractivity contribution in [3.05, 3.63) is 78.2 Å². The second-order valence-electron chi connectivity index (χ2n) is 7.45. The zero-order chi connectivity index (χ0) is 19.5. The summed E-state index contributed by atoms with van der Waals surface area (Å²) in [5.41, 5.74) is 6.41. The minimum Gasteiger partial charge on any atom is -0.437 e. The molecule has 0 amide bonds. The van der Waals surface area contributed by atoms with Crippen molar-refractivity contribution in [3.8, 4) is 11.3 Å². The summed E-state index contributed by atoms with van der Waals surface area (Å²) in [5, 5.41) is 5.44. The average Bonchev–Trinajstić information content (AvgIpc) is 3.10. The first-order valence-corrected chi connectivity index (χ1v) is 9.63. The van der Waals surface area contributed by atoms with Crippen LogP contribution >= 0.6 is 0 Å². The lowest BCUT2D eigenvalue weighted by atomic mass is 9.98.